The molecule has 2 aromatic rings. The lowest BCUT2D eigenvalue weighted by atomic mass is 10.1. The maximum absolute atomic E-state index is 11.5. The van der Waals surface area contributed by atoms with Crippen molar-refractivity contribution >= 4 is 11.6 Å². The number of anilines is 1. The number of hydrogen-bond donors (Lipinski definition) is 2. The Bertz CT molecular complexity index is 552. The molecule has 0 spiro atoms. The predicted molar refractivity (Wildman–Crippen MR) is 77.7 cm³/mol. The molecule has 1 atom stereocenters. The molecule has 0 bridgehead atoms. The highest BCUT2D eigenvalue weighted by Crippen LogP contribution is 2.13. The molecule has 20 heavy (non-hydrogen) atoms. The lowest BCUT2D eigenvalue weighted by Gasteiger charge is -2.15. The quantitative estimate of drug-likeness (QED) is 0.848. The van der Waals surface area contributed by atoms with Crippen LogP contribution in [0.1, 0.15) is 29.6 Å². The van der Waals surface area contributed by atoms with Crippen molar-refractivity contribution in [3.8, 4) is 0 Å². The molecular weight excluding hydrogens is 254 g/mol. The Kier molecular flexibility index (Phi) is 4.76. The van der Waals surface area contributed by atoms with Gasteiger partial charge in [-0.05, 0) is 37.6 Å². The van der Waals surface area contributed by atoms with Crippen molar-refractivity contribution in [3.05, 3.63) is 48.2 Å². The van der Waals surface area contributed by atoms with Gasteiger partial charge in [0.2, 0.25) is 0 Å². The van der Waals surface area contributed by atoms with Crippen LogP contribution in [0.5, 0.6) is 0 Å². The molecule has 2 rings (SSSR count). The van der Waals surface area contributed by atoms with Gasteiger partial charge in [0, 0.05) is 31.4 Å². The fraction of sp³-hybridized carbons (Fsp3) is 0.333. The standard InChI is InChI=1S/C15H19N3O2/c1-11(5-6-13-4-3-9-20-13)18-12-7-8-17-14(10-12)15(19)16-2/h3-4,7-11H,5-6H2,1-2H3,(H,16,19)(H,17,18). The molecule has 5 nitrogen and oxygen atoms in total. The van der Waals surface area contributed by atoms with E-state index in [1.807, 2.05) is 18.2 Å². The zero-order valence-corrected chi connectivity index (χ0v) is 11.7. The Morgan fingerprint density at radius 1 is 1.45 bits per heavy atom. The Morgan fingerprint density at radius 3 is 3.00 bits per heavy atom. The average Bonchev–Trinajstić information content (AvgIpc) is 2.98. The number of rotatable bonds is 6. The molecule has 1 unspecified atom stereocenters. The third-order valence-electron chi connectivity index (χ3n) is 3.04. The molecule has 2 N–H and O–H groups in total. The van der Waals surface area contributed by atoms with Crippen LogP contribution in [0.2, 0.25) is 0 Å². The summed E-state index contributed by atoms with van der Waals surface area (Å²) in [6.45, 7) is 2.10. The van der Waals surface area contributed by atoms with Gasteiger partial charge in [-0.25, -0.2) is 0 Å². The summed E-state index contributed by atoms with van der Waals surface area (Å²) in [5.74, 6) is 0.802. The number of amides is 1. The van der Waals surface area contributed by atoms with Gasteiger partial charge in [-0.15, -0.1) is 0 Å². The topological polar surface area (TPSA) is 67.2 Å². The first-order valence-corrected chi connectivity index (χ1v) is 6.66. The van der Waals surface area contributed by atoms with E-state index in [0.717, 1.165) is 24.3 Å². The Balaban J connectivity index is 1.90. The van der Waals surface area contributed by atoms with Crippen LogP contribution in [0.15, 0.2) is 41.1 Å². The van der Waals surface area contributed by atoms with Gasteiger partial charge in [0.05, 0.1) is 6.26 Å². The monoisotopic (exact) mass is 273 g/mol. The number of nitrogens with zero attached hydrogens (tertiary/aromatic N) is 1. The van der Waals surface area contributed by atoms with Crippen molar-refractivity contribution in [1.82, 2.24) is 10.3 Å². The molecule has 1 amide bonds. The van der Waals surface area contributed by atoms with E-state index in [2.05, 4.69) is 22.5 Å². The fourth-order valence-corrected chi connectivity index (χ4v) is 1.94. The molecule has 0 aliphatic heterocycles. The second kappa shape index (κ2) is 6.75. The SMILES string of the molecule is CNC(=O)c1cc(NC(C)CCc2ccco2)ccn1. The third kappa shape index (κ3) is 3.85. The van der Waals surface area contributed by atoms with Crippen molar-refractivity contribution in [3.63, 3.8) is 0 Å². The Hall–Kier alpha value is -2.30. The van der Waals surface area contributed by atoms with Gasteiger partial charge in [-0.2, -0.15) is 0 Å². The summed E-state index contributed by atoms with van der Waals surface area (Å²) in [6, 6.07) is 7.76. The summed E-state index contributed by atoms with van der Waals surface area (Å²) < 4.78 is 5.31. The molecule has 0 saturated heterocycles. The van der Waals surface area contributed by atoms with Gasteiger partial charge in [0.25, 0.3) is 5.91 Å². The van der Waals surface area contributed by atoms with Crippen molar-refractivity contribution in [1.29, 1.82) is 0 Å². The van der Waals surface area contributed by atoms with E-state index in [1.165, 1.54) is 0 Å². The van der Waals surface area contributed by atoms with Crippen LogP contribution < -0.4 is 10.6 Å². The number of nitrogens with one attached hydrogen (secondary N) is 2. The Morgan fingerprint density at radius 2 is 2.30 bits per heavy atom. The number of carbonyl (C=O) groups excluding carboxylic acids is 1. The molecule has 2 heterocycles. The minimum absolute atomic E-state index is 0.183. The van der Waals surface area contributed by atoms with Crippen LogP contribution in [-0.2, 0) is 6.42 Å². The third-order valence-corrected chi connectivity index (χ3v) is 3.04. The zero-order chi connectivity index (χ0) is 14.4. The van der Waals surface area contributed by atoms with Crippen molar-refractivity contribution in [2.45, 2.75) is 25.8 Å². The largest absolute Gasteiger partial charge is 0.469 e. The average molecular weight is 273 g/mol. The van der Waals surface area contributed by atoms with Gasteiger partial charge in [0.1, 0.15) is 11.5 Å². The lowest BCUT2D eigenvalue weighted by Crippen LogP contribution is -2.20. The highest BCUT2D eigenvalue weighted by Gasteiger charge is 2.08. The van der Waals surface area contributed by atoms with Gasteiger partial charge >= 0.3 is 0 Å². The van der Waals surface area contributed by atoms with Crippen LogP contribution in [-0.4, -0.2) is 24.0 Å². The van der Waals surface area contributed by atoms with Gasteiger partial charge < -0.3 is 15.1 Å². The number of carbonyl (C=O) groups is 1. The number of hydrogen-bond acceptors (Lipinski definition) is 4. The van der Waals surface area contributed by atoms with Crippen molar-refractivity contribution in [2.75, 3.05) is 12.4 Å². The van der Waals surface area contributed by atoms with Crippen LogP contribution >= 0.6 is 0 Å². The second-order valence-corrected chi connectivity index (χ2v) is 4.67. The Labute approximate surface area is 118 Å². The van der Waals surface area contributed by atoms with Crippen LogP contribution in [0.4, 0.5) is 5.69 Å². The van der Waals surface area contributed by atoms with Crippen molar-refractivity contribution < 1.29 is 9.21 Å². The molecule has 0 aliphatic carbocycles. The predicted octanol–water partition coefficient (Wildman–Crippen LogP) is 2.47. The fourth-order valence-electron chi connectivity index (χ4n) is 1.94. The smallest absolute Gasteiger partial charge is 0.269 e. The van der Waals surface area contributed by atoms with Gasteiger partial charge in [-0.3, -0.25) is 9.78 Å². The van der Waals surface area contributed by atoms with E-state index >= 15 is 0 Å². The lowest BCUT2D eigenvalue weighted by molar-refractivity contribution is 0.0958. The number of aryl methyl sites for hydroxylation is 1. The summed E-state index contributed by atoms with van der Waals surface area (Å²) in [5.41, 5.74) is 1.31. The molecule has 2 aromatic heterocycles. The van der Waals surface area contributed by atoms with E-state index in [9.17, 15) is 4.79 Å². The summed E-state index contributed by atoms with van der Waals surface area (Å²) in [7, 11) is 1.59. The normalized spacial score (nSPS) is 11.9. The highest BCUT2D eigenvalue weighted by molar-refractivity contribution is 5.92. The summed E-state index contributed by atoms with van der Waals surface area (Å²) in [6.07, 6.45) is 5.15. The molecule has 0 radical (unpaired) electrons. The first-order valence-electron chi connectivity index (χ1n) is 6.66. The van der Waals surface area contributed by atoms with Crippen LogP contribution in [0.25, 0.3) is 0 Å². The maximum Gasteiger partial charge on any atom is 0.269 e. The molecule has 5 heteroatoms. The molecule has 0 aliphatic rings. The number of furan rings is 1. The van der Waals surface area contributed by atoms with Crippen LogP contribution in [0, 0.1) is 0 Å². The number of pyridine rings is 1. The summed E-state index contributed by atoms with van der Waals surface area (Å²) >= 11 is 0. The van der Waals surface area contributed by atoms with E-state index in [-0.39, 0.29) is 11.9 Å². The van der Waals surface area contributed by atoms with Crippen LogP contribution in [0.3, 0.4) is 0 Å². The minimum atomic E-state index is -0.183. The van der Waals surface area contributed by atoms with Crippen molar-refractivity contribution in [2.24, 2.45) is 0 Å². The summed E-state index contributed by atoms with van der Waals surface area (Å²) in [5, 5.41) is 5.93. The van der Waals surface area contributed by atoms with E-state index in [1.54, 1.807) is 25.6 Å². The first kappa shape index (κ1) is 14.1. The van der Waals surface area contributed by atoms with E-state index in [4.69, 9.17) is 4.42 Å². The number of aromatic nitrogens is 1. The molecule has 0 aromatic carbocycles. The van der Waals surface area contributed by atoms with Gasteiger partial charge in [0.15, 0.2) is 0 Å². The molecular formula is C15H19N3O2. The minimum Gasteiger partial charge on any atom is -0.469 e. The van der Waals surface area contributed by atoms with E-state index < -0.39 is 0 Å². The highest BCUT2D eigenvalue weighted by atomic mass is 16.3. The maximum atomic E-state index is 11.5. The first-order chi connectivity index (χ1) is 9.69. The zero-order valence-electron chi connectivity index (χ0n) is 11.7. The molecule has 106 valence electrons. The molecule has 0 fully saturated rings. The molecule has 0 saturated carbocycles. The van der Waals surface area contributed by atoms with E-state index in [0.29, 0.717) is 5.69 Å². The summed E-state index contributed by atoms with van der Waals surface area (Å²) in [4.78, 5) is 15.6. The second-order valence-electron chi connectivity index (χ2n) is 4.67. The van der Waals surface area contributed by atoms with Gasteiger partial charge in [-0.1, -0.05) is 0 Å².